The predicted molar refractivity (Wildman–Crippen MR) is 84.8 cm³/mol. The first-order chi connectivity index (χ1) is 10.3. The Labute approximate surface area is 128 Å². The van der Waals surface area contributed by atoms with E-state index in [1.54, 1.807) is 0 Å². The van der Waals surface area contributed by atoms with Gasteiger partial charge in [-0.1, -0.05) is 25.0 Å². The van der Waals surface area contributed by atoms with E-state index in [4.69, 9.17) is 5.26 Å². The lowest BCUT2D eigenvalue weighted by atomic mass is 10.0. The minimum atomic E-state index is 0.727. The molecular formula is C18H25N3. The summed E-state index contributed by atoms with van der Waals surface area (Å²) in [5, 5.41) is 12.7. The van der Waals surface area contributed by atoms with Crippen molar-refractivity contribution in [2.45, 2.75) is 57.2 Å². The summed E-state index contributed by atoms with van der Waals surface area (Å²) in [7, 11) is 0. The molecule has 1 aromatic carbocycles. The summed E-state index contributed by atoms with van der Waals surface area (Å²) in [6.45, 7) is 3.39. The van der Waals surface area contributed by atoms with Crippen LogP contribution in [0, 0.1) is 11.3 Å². The zero-order chi connectivity index (χ0) is 14.5. The molecule has 1 saturated heterocycles. The molecule has 2 fully saturated rings. The molecule has 0 amide bonds. The molecule has 1 aliphatic carbocycles. The van der Waals surface area contributed by atoms with Crippen LogP contribution in [0.5, 0.6) is 0 Å². The standard InChI is InChI=1S/C18H25N3/c19-13-15-5-7-16(8-6-15)14-21-11-9-18(10-12-21)20-17-3-1-2-4-17/h5-8,17-18,20H,1-4,9-12,14H2. The maximum atomic E-state index is 8.83. The summed E-state index contributed by atoms with van der Waals surface area (Å²) in [6, 6.07) is 11.7. The molecule has 3 rings (SSSR count). The van der Waals surface area contributed by atoms with E-state index in [1.165, 1.54) is 57.2 Å². The number of nitrogens with one attached hydrogen (secondary N) is 1. The highest BCUT2D eigenvalue weighted by Crippen LogP contribution is 2.21. The second-order valence-electron chi connectivity index (χ2n) is 6.51. The van der Waals surface area contributed by atoms with Crippen molar-refractivity contribution >= 4 is 0 Å². The minimum Gasteiger partial charge on any atom is -0.311 e. The van der Waals surface area contributed by atoms with Crippen LogP contribution in [-0.4, -0.2) is 30.1 Å². The van der Waals surface area contributed by atoms with Gasteiger partial charge in [0, 0.05) is 18.6 Å². The monoisotopic (exact) mass is 283 g/mol. The van der Waals surface area contributed by atoms with E-state index in [2.05, 4.69) is 28.4 Å². The average Bonchev–Trinajstić information content (AvgIpc) is 3.03. The van der Waals surface area contributed by atoms with Crippen LogP contribution in [0.4, 0.5) is 0 Å². The SMILES string of the molecule is N#Cc1ccc(CN2CCC(NC3CCCC3)CC2)cc1. The number of likely N-dealkylation sites (tertiary alicyclic amines) is 1. The molecule has 2 aliphatic rings. The number of nitriles is 1. The molecule has 1 heterocycles. The summed E-state index contributed by atoms with van der Waals surface area (Å²) in [5.74, 6) is 0. The third-order valence-electron chi connectivity index (χ3n) is 4.90. The van der Waals surface area contributed by atoms with E-state index in [0.29, 0.717) is 0 Å². The van der Waals surface area contributed by atoms with Crippen LogP contribution >= 0.6 is 0 Å². The Morgan fingerprint density at radius 3 is 2.24 bits per heavy atom. The van der Waals surface area contributed by atoms with Crippen LogP contribution in [0.15, 0.2) is 24.3 Å². The normalized spacial score (nSPS) is 21.5. The van der Waals surface area contributed by atoms with E-state index in [9.17, 15) is 0 Å². The molecule has 3 nitrogen and oxygen atoms in total. The van der Waals surface area contributed by atoms with Crippen molar-refractivity contribution in [3.63, 3.8) is 0 Å². The molecule has 0 radical (unpaired) electrons. The lowest BCUT2D eigenvalue weighted by Crippen LogP contribution is -2.45. The molecule has 1 aliphatic heterocycles. The molecule has 112 valence electrons. The summed E-state index contributed by atoms with van der Waals surface area (Å²) in [4.78, 5) is 2.54. The molecular weight excluding hydrogens is 258 g/mol. The van der Waals surface area contributed by atoms with Crippen LogP contribution in [-0.2, 0) is 6.54 Å². The first-order valence-electron chi connectivity index (χ1n) is 8.31. The van der Waals surface area contributed by atoms with Gasteiger partial charge in [-0.15, -0.1) is 0 Å². The lowest BCUT2D eigenvalue weighted by Gasteiger charge is -2.34. The quantitative estimate of drug-likeness (QED) is 0.923. The van der Waals surface area contributed by atoms with Crippen molar-refractivity contribution in [2.75, 3.05) is 13.1 Å². The van der Waals surface area contributed by atoms with Crippen LogP contribution in [0.1, 0.15) is 49.7 Å². The Kier molecular flexibility index (Phi) is 4.90. The van der Waals surface area contributed by atoms with Gasteiger partial charge in [0.25, 0.3) is 0 Å². The maximum Gasteiger partial charge on any atom is 0.0991 e. The van der Waals surface area contributed by atoms with E-state index >= 15 is 0 Å². The van der Waals surface area contributed by atoms with E-state index in [-0.39, 0.29) is 0 Å². The molecule has 0 atom stereocenters. The molecule has 21 heavy (non-hydrogen) atoms. The summed E-state index contributed by atoms with van der Waals surface area (Å²) in [5.41, 5.74) is 2.06. The molecule has 0 aromatic heterocycles. The molecule has 0 bridgehead atoms. The zero-order valence-electron chi connectivity index (χ0n) is 12.7. The number of hydrogen-bond acceptors (Lipinski definition) is 3. The van der Waals surface area contributed by atoms with Crippen molar-refractivity contribution in [1.29, 1.82) is 5.26 Å². The summed E-state index contributed by atoms with van der Waals surface area (Å²) in [6.07, 6.45) is 8.13. The summed E-state index contributed by atoms with van der Waals surface area (Å²) >= 11 is 0. The van der Waals surface area contributed by atoms with Crippen LogP contribution in [0.2, 0.25) is 0 Å². The van der Waals surface area contributed by atoms with Crippen molar-refractivity contribution in [3.05, 3.63) is 35.4 Å². The van der Waals surface area contributed by atoms with Crippen molar-refractivity contribution in [2.24, 2.45) is 0 Å². The molecule has 1 N–H and O–H groups in total. The van der Waals surface area contributed by atoms with Crippen molar-refractivity contribution in [1.82, 2.24) is 10.2 Å². The summed E-state index contributed by atoms with van der Waals surface area (Å²) < 4.78 is 0. The first-order valence-corrected chi connectivity index (χ1v) is 8.31. The number of benzene rings is 1. The highest BCUT2D eigenvalue weighted by atomic mass is 15.1. The van der Waals surface area contributed by atoms with Gasteiger partial charge in [-0.3, -0.25) is 4.90 Å². The number of hydrogen-bond donors (Lipinski definition) is 1. The van der Waals surface area contributed by atoms with Crippen molar-refractivity contribution in [3.8, 4) is 6.07 Å². The largest absolute Gasteiger partial charge is 0.311 e. The minimum absolute atomic E-state index is 0.727. The average molecular weight is 283 g/mol. The van der Waals surface area contributed by atoms with Gasteiger partial charge >= 0.3 is 0 Å². The van der Waals surface area contributed by atoms with Gasteiger partial charge in [-0.05, 0) is 56.5 Å². The molecule has 1 saturated carbocycles. The van der Waals surface area contributed by atoms with Crippen LogP contribution in [0.25, 0.3) is 0 Å². The molecule has 3 heteroatoms. The molecule has 0 spiro atoms. The Balaban J connectivity index is 1.43. The third kappa shape index (κ3) is 4.06. The predicted octanol–water partition coefficient (Wildman–Crippen LogP) is 3.05. The number of rotatable bonds is 4. The molecule has 0 unspecified atom stereocenters. The van der Waals surface area contributed by atoms with Gasteiger partial charge < -0.3 is 5.32 Å². The zero-order valence-corrected chi connectivity index (χ0v) is 12.7. The van der Waals surface area contributed by atoms with Crippen LogP contribution < -0.4 is 5.32 Å². The van der Waals surface area contributed by atoms with E-state index in [0.717, 1.165) is 24.2 Å². The second-order valence-corrected chi connectivity index (χ2v) is 6.51. The van der Waals surface area contributed by atoms with Gasteiger partial charge in [0.15, 0.2) is 0 Å². The van der Waals surface area contributed by atoms with Gasteiger partial charge in [0.1, 0.15) is 0 Å². The van der Waals surface area contributed by atoms with Crippen LogP contribution in [0.3, 0.4) is 0 Å². The van der Waals surface area contributed by atoms with E-state index in [1.807, 2.05) is 12.1 Å². The van der Waals surface area contributed by atoms with Gasteiger partial charge in [0.05, 0.1) is 11.6 Å². The smallest absolute Gasteiger partial charge is 0.0991 e. The fourth-order valence-corrected chi connectivity index (χ4v) is 3.63. The highest BCUT2D eigenvalue weighted by Gasteiger charge is 2.23. The first kappa shape index (κ1) is 14.6. The Morgan fingerprint density at radius 2 is 1.62 bits per heavy atom. The lowest BCUT2D eigenvalue weighted by molar-refractivity contribution is 0.184. The fourth-order valence-electron chi connectivity index (χ4n) is 3.63. The van der Waals surface area contributed by atoms with Gasteiger partial charge in [-0.25, -0.2) is 0 Å². The van der Waals surface area contributed by atoms with Gasteiger partial charge in [0.2, 0.25) is 0 Å². The van der Waals surface area contributed by atoms with E-state index < -0.39 is 0 Å². The van der Waals surface area contributed by atoms with Gasteiger partial charge in [-0.2, -0.15) is 5.26 Å². The Bertz CT molecular complexity index is 474. The fraction of sp³-hybridized carbons (Fsp3) is 0.611. The third-order valence-corrected chi connectivity index (χ3v) is 4.90. The second kappa shape index (κ2) is 7.06. The Morgan fingerprint density at radius 1 is 1.00 bits per heavy atom. The maximum absolute atomic E-state index is 8.83. The number of piperidine rings is 1. The number of nitrogens with zero attached hydrogens (tertiary/aromatic N) is 2. The topological polar surface area (TPSA) is 39.1 Å². The van der Waals surface area contributed by atoms with Crippen molar-refractivity contribution < 1.29 is 0 Å². The highest BCUT2D eigenvalue weighted by molar-refractivity contribution is 5.31. The Hall–Kier alpha value is -1.37. The molecule has 1 aromatic rings.